The standard InChI is InChI=1S/C15H18N2O4/c1-3-10(8-18)16-13(19)9(2)17-14(20)11-6-4-5-7-12(11)15(17)21/h4-7,9-10,18H,3,8H2,1-2H3,(H,16,19). The van der Waals surface area contributed by atoms with Crippen molar-refractivity contribution in [2.45, 2.75) is 32.4 Å². The number of fused-ring (bicyclic) bond motifs is 1. The van der Waals surface area contributed by atoms with E-state index in [1.807, 2.05) is 6.92 Å². The van der Waals surface area contributed by atoms with Crippen LogP contribution in [0.2, 0.25) is 0 Å². The second kappa shape index (κ2) is 6.05. The van der Waals surface area contributed by atoms with E-state index < -0.39 is 23.8 Å². The Morgan fingerprint density at radius 1 is 1.24 bits per heavy atom. The van der Waals surface area contributed by atoms with Gasteiger partial charge in [-0.1, -0.05) is 19.1 Å². The zero-order chi connectivity index (χ0) is 15.6. The molecule has 0 saturated carbocycles. The van der Waals surface area contributed by atoms with E-state index in [1.54, 1.807) is 24.3 Å². The molecular weight excluding hydrogens is 272 g/mol. The Hall–Kier alpha value is -2.21. The van der Waals surface area contributed by atoms with Gasteiger partial charge in [0.25, 0.3) is 11.8 Å². The van der Waals surface area contributed by atoms with Gasteiger partial charge in [-0.25, -0.2) is 0 Å². The molecule has 1 heterocycles. The Labute approximate surface area is 122 Å². The molecule has 0 spiro atoms. The van der Waals surface area contributed by atoms with Gasteiger partial charge in [0, 0.05) is 0 Å². The van der Waals surface area contributed by atoms with Gasteiger partial charge in [0.15, 0.2) is 0 Å². The lowest BCUT2D eigenvalue weighted by atomic mass is 10.1. The third-order valence-electron chi connectivity index (χ3n) is 3.65. The molecule has 0 bridgehead atoms. The van der Waals surface area contributed by atoms with Gasteiger partial charge in [0.2, 0.25) is 5.91 Å². The van der Waals surface area contributed by atoms with E-state index in [1.165, 1.54) is 6.92 Å². The average Bonchev–Trinajstić information content (AvgIpc) is 2.76. The van der Waals surface area contributed by atoms with Crippen molar-refractivity contribution in [3.63, 3.8) is 0 Å². The van der Waals surface area contributed by atoms with E-state index in [4.69, 9.17) is 5.11 Å². The Morgan fingerprint density at radius 2 is 1.76 bits per heavy atom. The minimum atomic E-state index is -0.919. The number of aliphatic hydroxyl groups excluding tert-OH is 1. The molecule has 6 heteroatoms. The molecule has 1 aliphatic heterocycles. The van der Waals surface area contributed by atoms with E-state index in [-0.39, 0.29) is 12.6 Å². The molecule has 6 nitrogen and oxygen atoms in total. The van der Waals surface area contributed by atoms with Crippen molar-refractivity contribution < 1.29 is 19.5 Å². The van der Waals surface area contributed by atoms with Crippen LogP contribution in [-0.2, 0) is 4.79 Å². The summed E-state index contributed by atoms with van der Waals surface area (Å²) in [5.74, 6) is -1.38. The van der Waals surface area contributed by atoms with E-state index in [9.17, 15) is 14.4 Å². The van der Waals surface area contributed by atoms with Crippen molar-refractivity contribution in [1.82, 2.24) is 10.2 Å². The number of amides is 3. The molecule has 1 aromatic rings. The van der Waals surface area contributed by atoms with Gasteiger partial charge in [0.1, 0.15) is 6.04 Å². The Kier molecular flexibility index (Phi) is 4.37. The highest BCUT2D eigenvalue weighted by Crippen LogP contribution is 2.24. The number of benzene rings is 1. The van der Waals surface area contributed by atoms with E-state index in [0.29, 0.717) is 17.5 Å². The van der Waals surface area contributed by atoms with Crippen LogP contribution in [0.3, 0.4) is 0 Å². The predicted molar refractivity (Wildman–Crippen MR) is 75.7 cm³/mol. The first-order chi connectivity index (χ1) is 10.0. The first-order valence-corrected chi connectivity index (χ1v) is 6.89. The highest BCUT2D eigenvalue weighted by atomic mass is 16.3. The summed E-state index contributed by atoms with van der Waals surface area (Å²) in [6, 6.07) is 5.20. The van der Waals surface area contributed by atoms with E-state index >= 15 is 0 Å². The largest absolute Gasteiger partial charge is 0.394 e. The summed E-state index contributed by atoms with van der Waals surface area (Å²) in [6.07, 6.45) is 0.567. The number of aliphatic hydroxyl groups is 1. The van der Waals surface area contributed by atoms with Gasteiger partial charge < -0.3 is 10.4 Å². The lowest BCUT2D eigenvalue weighted by molar-refractivity contribution is -0.125. The maximum Gasteiger partial charge on any atom is 0.262 e. The molecule has 2 N–H and O–H groups in total. The highest BCUT2D eigenvalue weighted by Gasteiger charge is 2.40. The summed E-state index contributed by atoms with van der Waals surface area (Å²) in [5.41, 5.74) is 0.632. The van der Waals surface area contributed by atoms with Gasteiger partial charge in [-0.2, -0.15) is 0 Å². The third-order valence-corrected chi connectivity index (χ3v) is 3.65. The van der Waals surface area contributed by atoms with Gasteiger partial charge in [-0.3, -0.25) is 19.3 Å². The maximum atomic E-state index is 12.3. The number of nitrogens with zero attached hydrogens (tertiary/aromatic N) is 1. The van der Waals surface area contributed by atoms with Crippen LogP contribution in [-0.4, -0.2) is 46.4 Å². The Bertz CT molecular complexity index is 546. The minimum absolute atomic E-state index is 0.183. The third kappa shape index (κ3) is 2.67. The van der Waals surface area contributed by atoms with Crippen molar-refractivity contribution in [3.05, 3.63) is 35.4 Å². The summed E-state index contributed by atoms with van der Waals surface area (Å²) < 4.78 is 0. The second-order valence-corrected chi connectivity index (χ2v) is 5.00. The smallest absolute Gasteiger partial charge is 0.262 e. The molecule has 112 valence electrons. The van der Waals surface area contributed by atoms with Crippen LogP contribution in [0.25, 0.3) is 0 Å². The van der Waals surface area contributed by atoms with Gasteiger partial charge in [-0.05, 0) is 25.5 Å². The number of nitrogens with one attached hydrogen (secondary N) is 1. The molecule has 1 aliphatic rings. The maximum absolute atomic E-state index is 12.3. The highest BCUT2D eigenvalue weighted by molar-refractivity contribution is 6.22. The molecule has 2 atom stereocenters. The van der Waals surface area contributed by atoms with Crippen molar-refractivity contribution in [3.8, 4) is 0 Å². The van der Waals surface area contributed by atoms with Crippen molar-refractivity contribution in [2.75, 3.05) is 6.61 Å². The van der Waals surface area contributed by atoms with Crippen LogP contribution in [0, 0.1) is 0 Å². The fourth-order valence-electron chi connectivity index (χ4n) is 2.28. The first kappa shape index (κ1) is 15.2. The predicted octanol–water partition coefficient (Wildman–Crippen LogP) is 0.558. The molecular formula is C15H18N2O4. The monoisotopic (exact) mass is 290 g/mol. The molecule has 0 saturated heterocycles. The topological polar surface area (TPSA) is 86.7 Å². The normalized spacial score (nSPS) is 16.6. The summed E-state index contributed by atoms with van der Waals surface area (Å²) in [6.45, 7) is 3.14. The van der Waals surface area contributed by atoms with Crippen LogP contribution < -0.4 is 5.32 Å². The summed E-state index contributed by atoms with van der Waals surface area (Å²) in [5, 5.41) is 11.7. The number of hydrogen-bond donors (Lipinski definition) is 2. The molecule has 1 aromatic carbocycles. The fourth-order valence-corrected chi connectivity index (χ4v) is 2.28. The van der Waals surface area contributed by atoms with Crippen LogP contribution >= 0.6 is 0 Å². The molecule has 0 aromatic heterocycles. The molecule has 3 amide bonds. The SMILES string of the molecule is CCC(CO)NC(=O)C(C)N1C(=O)c2ccccc2C1=O. The minimum Gasteiger partial charge on any atom is -0.394 e. The molecule has 21 heavy (non-hydrogen) atoms. The summed E-state index contributed by atoms with van der Waals surface area (Å²) in [7, 11) is 0. The van der Waals surface area contributed by atoms with Gasteiger partial charge in [-0.15, -0.1) is 0 Å². The Balaban J connectivity index is 2.18. The van der Waals surface area contributed by atoms with Crippen molar-refractivity contribution >= 4 is 17.7 Å². The lowest BCUT2D eigenvalue weighted by Gasteiger charge is -2.24. The van der Waals surface area contributed by atoms with Crippen molar-refractivity contribution in [2.24, 2.45) is 0 Å². The molecule has 2 unspecified atom stereocenters. The van der Waals surface area contributed by atoms with Crippen LogP contribution in [0.1, 0.15) is 41.0 Å². The number of rotatable bonds is 5. The average molecular weight is 290 g/mol. The Morgan fingerprint density at radius 3 is 2.19 bits per heavy atom. The van der Waals surface area contributed by atoms with Gasteiger partial charge in [0.05, 0.1) is 23.8 Å². The zero-order valence-electron chi connectivity index (χ0n) is 12.0. The molecule has 0 radical (unpaired) electrons. The fraction of sp³-hybridized carbons (Fsp3) is 0.400. The first-order valence-electron chi connectivity index (χ1n) is 6.89. The number of carbonyl (C=O) groups excluding carboxylic acids is 3. The van der Waals surface area contributed by atoms with Crippen molar-refractivity contribution in [1.29, 1.82) is 0 Å². The number of hydrogen-bond acceptors (Lipinski definition) is 4. The van der Waals surface area contributed by atoms with Crippen LogP contribution in [0.4, 0.5) is 0 Å². The molecule has 0 fully saturated rings. The zero-order valence-corrected chi connectivity index (χ0v) is 12.0. The van der Waals surface area contributed by atoms with Crippen LogP contribution in [0.5, 0.6) is 0 Å². The lowest BCUT2D eigenvalue weighted by Crippen LogP contribution is -2.50. The molecule has 2 rings (SSSR count). The van der Waals surface area contributed by atoms with Gasteiger partial charge >= 0.3 is 0 Å². The van der Waals surface area contributed by atoms with E-state index in [2.05, 4.69) is 5.32 Å². The number of imide groups is 1. The quantitative estimate of drug-likeness (QED) is 0.776. The number of carbonyl (C=O) groups is 3. The second-order valence-electron chi connectivity index (χ2n) is 5.00. The van der Waals surface area contributed by atoms with Crippen LogP contribution in [0.15, 0.2) is 24.3 Å². The summed E-state index contributed by atoms with van der Waals surface area (Å²) >= 11 is 0. The van der Waals surface area contributed by atoms with E-state index in [0.717, 1.165) is 4.90 Å². The molecule has 0 aliphatic carbocycles. The summed E-state index contributed by atoms with van der Waals surface area (Å²) in [4.78, 5) is 37.6.